The molecule has 2 aromatic rings. The van der Waals surface area contributed by atoms with Gasteiger partial charge in [-0.3, -0.25) is 4.79 Å². The molecule has 0 aliphatic heterocycles. The summed E-state index contributed by atoms with van der Waals surface area (Å²) in [6.45, 7) is 6.73. The van der Waals surface area contributed by atoms with Gasteiger partial charge in [0, 0.05) is 17.1 Å². The van der Waals surface area contributed by atoms with Crippen LogP contribution in [-0.2, 0) is 14.8 Å². The first kappa shape index (κ1) is 20.3. The van der Waals surface area contributed by atoms with Crippen molar-refractivity contribution in [2.45, 2.75) is 26.9 Å². The van der Waals surface area contributed by atoms with E-state index < -0.39 is 15.9 Å². The zero-order valence-corrected chi connectivity index (χ0v) is 16.9. The van der Waals surface area contributed by atoms with Crippen LogP contribution in [0.1, 0.15) is 29.2 Å². The molecule has 0 bridgehead atoms. The van der Waals surface area contributed by atoms with Crippen LogP contribution >= 0.6 is 11.3 Å². The van der Waals surface area contributed by atoms with Crippen molar-refractivity contribution >= 4 is 38.1 Å². The summed E-state index contributed by atoms with van der Waals surface area (Å²) in [5.74, 6) is -0.723. The van der Waals surface area contributed by atoms with Gasteiger partial charge in [-0.25, -0.2) is 18.1 Å². The minimum absolute atomic E-state index is 0.112. The molecule has 0 fully saturated rings. The van der Waals surface area contributed by atoms with E-state index in [9.17, 15) is 13.2 Å². The molecule has 0 radical (unpaired) electrons. The third kappa shape index (κ3) is 5.79. The molecule has 0 saturated heterocycles. The SMILES string of the molecule is Cc1sc(N(CCOC(C)C)c2ccccc2)nc1C(=O)NS(C)(=O)=O. The van der Waals surface area contributed by atoms with Crippen molar-refractivity contribution in [2.24, 2.45) is 0 Å². The molecule has 0 aliphatic carbocycles. The van der Waals surface area contributed by atoms with E-state index in [1.165, 1.54) is 11.3 Å². The minimum Gasteiger partial charge on any atom is -0.377 e. The molecule has 0 spiro atoms. The Balaban J connectivity index is 2.30. The van der Waals surface area contributed by atoms with Crippen LogP contribution in [0.25, 0.3) is 0 Å². The predicted octanol–water partition coefficient (Wildman–Crippen LogP) is 2.70. The maximum atomic E-state index is 12.2. The number of carbonyl (C=O) groups excluding carboxylic acids is 1. The van der Waals surface area contributed by atoms with Crippen molar-refractivity contribution in [2.75, 3.05) is 24.3 Å². The van der Waals surface area contributed by atoms with Gasteiger partial charge in [0.2, 0.25) is 10.0 Å². The van der Waals surface area contributed by atoms with Gasteiger partial charge in [0.25, 0.3) is 5.91 Å². The third-order valence-electron chi connectivity index (χ3n) is 3.34. The Morgan fingerprint density at radius 1 is 1.31 bits per heavy atom. The van der Waals surface area contributed by atoms with Gasteiger partial charge in [-0.05, 0) is 32.9 Å². The van der Waals surface area contributed by atoms with Crippen LogP contribution in [0.2, 0.25) is 0 Å². The van der Waals surface area contributed by atoms with E-state index in [1.54, 1.807) is 6.92 Å². The van der Waals surface area contributed by atoms with Gasteiger partial charge in [0.05, 0.1) is 19.0 Å². The minimum atomic E-state index is -3.64. The maximum absolute atomic E-state index is 12.2. The van der Waals surface area contributed by atoms with E-state index in [2.05, 4.69) is 4.98 Å². The van der Waals surface area contributed by atoms with Crippen molar-refractivity contribution in [3.63, 3.8) is 0 Å². The fraction of sp³-hybridized carbons (Fsp3) is 0.412. The zero-order valence-electron chi connectivity index (χ0n) is 15.2. The fourth-order valence-corrected chi connectivity index (χ4v) is 3.63. The van der Waals surface area contributed by atoms with Crippen LogP contribution in [0, 0.1) is 6.92 Å². The van der Waals surface area contributed by atoms with Gasteiger partial charge >= 0.3 is 0 Å². The molecule has 2 rings (SSSR count). The molecule has 1 N–H and O–H groups in total. The second kappa shape index (κ2) is 8.61. The van der Waals surface area contributed by atoms with Gasteiger partial charge < -0.3 is 9.64 Å². The number of amides is 1. The number of nitrogens with one attached hydrogen (secondary N) is 1. The first-order valence-corrected chi connectivity index (χ1v) is 10.8. The Morgan fingerprint density at radius 3 is 2.54 bits per heavy atom. The Morgan fingerprint density at radius 2 is 1.96 bits per heavy atom. The number of rotatable bonds is 8. The molecule has 0 atom stereocenters. The number of hydrogen-bond acceptors (Lipinski definition) is 7. The quantitative estimate of drug-likeness (QED) is 0.737. The summed E-state index contributed by atoms with van der Waals surface area (Å²) in [5, 5.41) is 0.611. The molecule has 26 heavy (non-hydrogen) atoms. The number of ether oxygens (including phenoxy) is 1. The van der Waals surface area contributed by atoms with Crippen molar-refractivity contribution < 1.29 is 17.9 Å². The average Bonchev–Trinajstić information content (AvgIpc) is 2.92. The van der Waals surface area contributed by atoms with Crippen LogP contribution in [0.3, 0.4) is 0 Å². The van der Waals surface area contributed by atoms with Crippen molar-refractivity contribution in [3.8, 4) is 0 Å². The second-order valence-electron chi connectivity index (χ2n) is 6.01. The van der Waals surface area contributed by atoms with Gasteiger partial charge in [-0.15, -0.1) is 11.3 Å². The first-order chi connectivity index (χ1) is 12.2. The number of benzene rings is 1. The zero-order chi connectivity index (χ0) is 19.3. The lowest BCUT2D eigenvalue weighted by Gasteiger charge is -2.22. The standard InChI is InChI=1S/C17H23N3O4S2/c1-12(2)24-11-10-20(14-8-6-5-7-9-14)17-18-15(13(3)25-17)16(21)19-26(4,22)23/h5-9,12H,10-11H2,1-4H3,(H,19,21). The molecular formula is C17H23N3O4S2. The van der Waals surface area contributed by atoms with Crippen LogP contribution in [0.5, 0.6) is 0 Å². The number of sulfonamides is 1. The molecule has 1 aromatic heterocycles. The van der Waals surface area contributed by atoms with Crippen LogP contribution in [0.4, 0.5) is 10.8 Å². The van der Waals surface area contributed by atoms with E-state index in [4.69, 9.17) is 4.74 Å². The number of aromatic nitrogens is 1. The molecule has 1 amide bonds. The van der Waals surface area contributed by atoms with E-state index in [0.29, 0.717) is 23.2 Å². The van der Waals surface area contributed by atoms with Crippen molar-refractivity contribution in [1.82, 2.24) is 9.71 Å². The predicted molar refractivity (Wildman–Crippen MR) is 104 cm³/mol. The lowest BCUT2D eigenvalue weighted by molar-refractivity contribution is 0.0851. The maximum Gasteiger partial charge on any atom is 0.284 e. The van der Waals surface area contributed by atoms with Gasteiger partial charge in [0.15, 0.2) is 5.13 Å². The lowest BCUT2D eigenvalue weighted by atomic mass is 10.3. The summed E-state index contributed by atoms with van der Waals surface area (Å²) >= 11 is 1.33. The molecule has 1 heterocycles. The topological polar surface area (TPSA) is 88.6 Å². The number of carbonyl (C=O) groups is 1. The molecule has 0 unspecified atom stereocenters. The summed E-state index contributed by atoms with van der Waals surface area (Å²) in [4.78, 5) is 19.1. The van der Waals surface area contributed by atoms with Gasteiger partial charge in [-0.1, -0.05) is 18.2 Å². The Hall–Kier alpha value is -1.97. The van der Waals surface area contributed by atoms with E-state index in [-0.39, 0.29) is 11.8 Å². The summed E-state index contributed by atoms with van der Waals surface area (Å²) in [5.41, 5.74) is 1.03. The highest BCUT2D eigenvalue weighted by atomic mass is 32.2. The smallest absolute Gasteiger partial charge is 0.284 e. The van der Waals surface area contributed by atoms with Gasteiger partial charge in [-0.2, -0.15) is 0 Å². The molecule has 1 aromatic carbocycles. The van der Waals surface area contributed by atoms with Crippen molar-refractivity contribution in [3.05, 3.63) is 40.9 Å². The highest BCUT2D eigenvalue weighted by molar-refractivity contribution is 7.89. The largest absolute Gasteiger partial charge is 0.377 e. The highest BCUT2D eigenvalue weighted by Gasteiger charge is 2.22. The number of aryl methyl sites for hydroxylation is 1. The average molecular weight is 398 g/mol. The van der Waals surface area contributed by atoms with E-state index in [0.717, 1.165) is 11.9 Å². The van der Waals surface area contributed by atoms with Crippen molar-refractivity contribution in [1.29, 1.82) is 0 Å². The van der Waals surface area contributed by atoms with E-state index >= 15 is 0 Å². The van der Waals surface area contributed by atoms with Crippen LogP contribution in [0.15, 0.2) is 30.3 Å². The first-order valence-electron chi connectivity index (χ1n) is 8.11. The third-order valence-corrected chi connectivity index (χ3v) is 4.89. The normalized spacial score (nSPS) is 11.6. The molecule has 9 heteroatoms. The van der Waals surface area contributed by atoms with Gasteiger partial charge in [0.1, 0.15) is 5.69 Å². The highest BCUT2D eigenvalue weighted by Crippen LogP contribution is 2.31. The second-order valence-corrected chi connectivity index (χ2v) is 8.94. The summed E-state index contributed by atoms with van der Waals surface area (Å²) in [7, 11) is -3.64. The Bertz CT molecular complexity index is 848. The number of nitrogens with zero attached hydrogens (tertiary/aromatic N) is 2. The molecular weight excluding hydrogens is 374 g/mol. The molecule has 142 valence electrons. The molecule has 7 nitrogen and oxygen atoms in total. The Kier molecular flexibility index (Phi) is 6.74. The molecule has 0 aliphatic rings. The fourth-order valence-electron chi connectivity index (χ4n) is 2.25. The number of anilines is 2. The number of thiazole rings is 1. The summed E-state index contributed by atoms with van der Waals surface area (Å²) < 4.78 is 30.2. The lowest BCUT2D eigenvalue weighted by Crippen LogP contribution is -2.30. The number of hydrogen-bond donors (Lipinski definition) is 1. The summed E-state index contributed by atoms with van der Waals surface area (Å²) in [6.07, 6.45) is 1.05. The number of para-hydroxylation sites is 1. The molecule has 0 saturated carbocycles. The van der Waals surface area contributed by atoms with Crippen LogP contribution in [-0.4, -0.2) is 44.8 Å². The van der Waals surface area contributed by atoms with E-state index in [1.807, 2.05) is 53.8 Å². The van der Waals surface area contributed by atoms with Crippen LogP contribution < -0.4 is 9.62 Å². The Labute approximate surface area is 158 Å². The summed E-state index contributed by atoms with van der Waals surface area (Å²) in [6, 6.07) is 9.65. The monoisotopic (exact) mass is 397 g/mol.